The molecule has 0 fully saturated rings. The zero-order valence-corrected chi connectivity index (χ0v) is 17.4. The maximum absolute atomic E-state index is 12.7. The summed E-state index contributed by atoms with van der Waals surface area (Å²) in [5.41, 5.74) is 8.99. The van der Waals surface area contributed by atoms with E-state index in [2.05, 4.69) is 5.32 Å². The molecule has 0 atom stereocenters. The van der Waals surface area contributed by atoms with E-state index in [1.54, 1.807) is 12.1 Å². The van der Waals surface area contributed by atoms with Crippen LogP contribution in [0.2, 0.25) is 0 Å². The van der Waals surface area contributed by atoms with E-state index < -0.39 is 17.4 Å². The van der Waals surface area contributed by atoms with Crippen LogP contribution in [-0.2, 0) is 6.61 Å². The lowest BCUT2D eigenvalue weighted by Gasteiger charge is -2.14. The molecule has 162 valence electrons. The summed E-state index contributed by atoms with van der Waals surface area (Å²) in [6, 6.07) is 25.9. The highest BCUT2D eigenvalue weighted by Crippen LogP contribution is 2.31. The Morgan fingerprint density at radius 2 is 1.48 bits per heavy atom. The average molecular weight is 437 g/mol. The van der Waals surface area contributed by atoms with Gasteiger partial charge in [0, 0.05) is 11.6 Å². The van der Waals surface area contributed by atoms with Crippen LogP contribution in [0.25, 0.3) is 16.8 Å². The van der Waals surface area contributed by atoms with Gasteiger partial charge in [0.2, 0.25) is 0 Å². The molecule has 2 amide bonds. The van der Waals surface area contributed by atoms with Gasteiger partial charge in [-0.2, -0.15) is 0 Å². The molecule has 3 aromatic carbocycles. The Kier molecular flexibility index (Phi) is 4.99. The van der Waals surface area contributed by atoms with Crippen LogP contribution in [0.3, 0.4) is 0 Å². The lowest BCUT2D eigenvalue weighted by atomic mass is 10.0. The van der Waals surface area contributed by atoms with Crippen LogP contribution in [-0.4, -0.2) is 16.4 Å². The topological polar surface area (TPSA) is 103 Å². The minimum absolute atomic E-state index is 0.000127. The SMILES string of the molecule is Nc1c2c(cc(=O)n1-c1ccc(-c3ccccc3OCc3ccccc3)cc1)C(=O)NC2=O. The molecule has 0 unspecified atom stereocenters. The van der Waals surface area contributed by atoms with Crippen LogP contribution in [0, 0.1) is 0 Å². The van der Waals surface area contributed by atoms with Gasteiger partial charge in [0.05, 0.1) is 16.8 Å². The summed E-state index contributed by atoms with van der Waals surface area (Å²) in [4.78, 5) is 36.6. The normalized spacial score (nSPS) is 12.4. The first-order valence-corrected chi connectivity index (χ1v) is 10.3. The third-order valence-electron chi connectivity index (χ3n) is 5.51. The van der Waals surface area contributed by atoms with Crippen molar-refractivity contribution in [2.24, 2.45) is 0 Å². The summed E-state index contributed by atoms with van der Waals surface area (Å²) in [5.74, 6) is -0.561. The predicted molar refractivity (Wildman–Crippen MR) is 124 cm³/mol. The number of pyridine rings is 1. The molecule has 7 heteroatoms. The molecule has 3 N–H and O–H groups in total. The summed E-state index contributed by atoms with van der Waals surface area (Å²) in [7, 11) is 0. The number of carbonyl (C=O) groups is 2. The summed E-state index contributed by atoms with van der Waals surface area (Å²) in [6.07, 6.45) is 0. The number of nitrogens with one attached hydrogen (secondary N) is 1. The highest BCUT2D eigenvalue weighted by molar-refractivity contribution is 6.23. The molecule has 1 aliphatic heterocycles. The number of nitrogens with zero attached hydrogens (tertiary/aromatic N) is 1. The van der Waals surface area contributed by atoms with Gasteiger partial charge < -0.3 is 10.5 Å². The number of amides is 2. The number of benzene rings is 3. The van der Waals surface area contributed by atoms with Crippen LogP contribution in [0.15, 0.2) is 89.7 Å². The highest BCUT2D eigenvalue weighted by atomic mass is 16.5. The number of hydrogen-bond donors (Lipinski definition) is 2. The Morgan fingerprint density at radius 1 is 0.788 bits per heavy atom. The lowest BCUT2D eigenvalue weighted by Crippen LogP contribution is -2.24. The summed E-state index contributed by atoms with van der Waals surface area (Å²) < 4.78 is 7.27. The van der Waals surface area contributed by atoms with Crippen LogP contribution >= 0.6 is 0 Å². The predicted octanol–water partition coefficient (Wildman–Crippen LogP) is 3.55. The van der Waals surface area contributed by atoms with Crippen molar-refractivity contribution < 1.29 is 14.3 Å². The van der Waals surface area contributed by atoms with Crippen LogP contribution in [0.4, 0.5) is 5.82 Å². The third kappa shape index (κ3) is 3.65. The molecule has 2 heterocycles. The smallest absolute Gasteiger partial charge is 0.262 e. The molecule has 0 bridgehead atoms. The van der Waals surface area contributed by atoms with E-state index in [0.29, 0.717) is 12.3 Å². The summed E-state index contributed by atoms with van der Waals surface area (Å²) in [6.45, 7) is 0.442. The molecular formula is C26H19N3O4. The molecule has 33 heavy (non-hydrogen) atoms. The number of imide groups is 1. The van der Waals surface area contributed by atoms with Crippen molar-refractivity contribution >= 4 is 17.6 Å². The zero-order chi connectivity index (χ0) is 22.9. The van der Waals surface area contributed by atoms with Crippen LogP contribution in [0.1, 0.15) is 26.3 Å². The Bertz CT molecular complexity index is 1440. The number of carbonyl (C=O) groups excluding carboxylic acids is 2. The van der Waals surface area contributed by atoms with Gasteiger partial charge in [0.15, 0.2) is 0 Å². The van der Waals surface area contributed by atoms with Gasteiger partial charge in [-0.1, -0.05) is 60.7 Å². The van der Waals surface area contributed by atoms with Gasteiger partial charge in [0.25, 0.3) is 17.4 Å². The zero-order valence-electron chi connectivity index (χ0n) is 17.4. The van der Waals surface area contributed by atoms with E-state index in [1.165, 1.54) is 4.57 Å². The van der Waals surface area contributed by atoms with E-state index in [4.69, 9.17) is 10.5 Å². The van der Waals surface area contributed by atoms with E-state index in [1.807, 2.05) is 66.7 Å². The first-order chi connectivity index (χ1) is 16.0. The van der Waals surface area contributed by atoms with Gasteiger partial charge in [-0.15, -0.1) is 0 Å². The average Bonchev–Trinajstić information content (AvgIpc) is 3.12. The molecule has 7 nitrogen and oxygen atoms in total. The monoisotopic (exact) mass is 437 g/mol. The minimum Gasteiger partial charge on any atom is -0.488 e. The fraction of sp³-hybridized carbons (Fsp3) is 0.0385. The molecule has 4 aromatic rings. The van der Waals surface area contributed by atoms with Crippen molar-refractivity contribution in [2.45, 2.75) is 6.61 Å². The maximum Gasteiger partial charge on any atom is 0.262 e. The number of fused-ring (bicyclic) bond motifs is 1. The van der Waals surface area contributed by atoms with Crippen LogP contribution in [0.5, 0.6) is 5.75 Å². The fourth-order valence-electron chi connectivity index (χ4n) is 3.90. The molecule has 1 aromatic heterocycles. The van der Waals surface area contributed by atoms with Crippen molar-refractivity contribution in [3.8, 4) is 22.6 Å². The second-order valence-corrected chi connectivity index (χ2v) is 7.59. The summed E-state index contributed by atoms with van der Waals surface area (Å²) >= 11 is 0. The van der Waals surface area contributed by atoms with Gasteiger partial charge in [-0.05, 0) is 29.3 Å². The van der Waals surface area contributed by atoms with Crippen molar-refractivity contribution in [3.63, 3.8) is 0 Å². The minimum atomic E-state index is -0.617. The van der Waals surface area contributed by atoms with Crippen LogP contribution < -0.4 is 21.3 Å². The van der Waals surface area contributed by atoms with E-state index in [0.717, 1.165) is 28.5 Å². The number of rotatable bonds is 5. The highest BCUT2D eigenvalue weighted by Gasteiger charge is 2.31. The maximum atomic E-state index is 12.7. The number of aromatic nitrogens is 1. The van der Waals surface area contributed by atoms with Crippen molar-refractivity contribution in [1.82, 2.24) is 9.88 Å². The number of ether oxygens (including phenoxy) is 1. The van der Waals surface area contributed by atoms with Crippen molar-refractivity contribution in [3.05, 3.63) is 112 Å². The number of anilines is 1. The largest absolute Gasteiger partial charge is 0.488 e. The number of nitrogen functional groups attached to an aromatic ring is 1. The Balaban J connectivity index is 1.48. The Hall–Kier alpha value is -4.65. The molecule has 5 rings (SSSR count). The first-order valence-electron chi connectivity index (χ1n) is 10.3. The quantitative estimate of drug-likeness (QED) is 0.465. The second-order valence-electron chi connectivity index (χ2n) is 7.59. The Labute approximate surface area is 189 Å². The van der Waals surface area contributed by atoms with Crippen molar-refractivity contribution in [2.75, 3.05) is 5.73 Å². The molecule has 1 aliphatic rings. The molecular weight excluding hydrogens is 418 g/mol. The van der Waals surface area contributed by atoms with E-state index in [-0.39, 0.29) is 16.9 Å². The number of para-hydroxylation sites is 1. The third-order valence-corrected chi connectivity index (χ3v) is 5.51. The number of hydrogen-bond acceptors (Lipinski definition) is 5. The lowest BCUT2D eigenvalue weighted by molar-refractivity contribution is 0.0880. The molecule has 0 aliphatic carbocycles. The first kappa shape index (κ1) is 20.3. The Morgan fingerprint density at radius 3 is 2.24 bits per heavy atom. The fourth-order valence-corrected chi connectivity index (χ4v) is 3.90. The molecule has 0 saturated heterocycles. The molecule has 0 radical (unpaired) electrons. The van der Waals surface area contributed by atoms with Gasteiger partial charge in [0.1, 0.15) is 18.2 Å². The summed E-state index contributed by atoms with van der Waals surface area (Å²) in [5, 5.41) is 2.17. The second kappa shape index (κ2) is 8.12. The van der Waals surface area contributed by atoms with E-state index >= 15 is 0 Å². The number of nitrogens with two attached hydrogens (primary N) is 1. The standard InChI is InChI=1S/C26H19N3O4/c27-24-23-20(25(31)28-26(23)32)14-22(30)29(24)18-12-10-17(11-13-18)19-8-4-5-9-21(19)33-15-16-6-2-1-3-7-16/h1-14H,15,27H2,(H,28,31,32). The van der Waals surface area contributed by atoms with Gasteiger partial charge >= 0.3 is 0 Å². The van der Waals surface area contributed by atoms with Gasteiger partial charge in [-0.3, -0.25) is 24.3 Å². The molecule has 0 spiro atoms. The molecule has 0 saturated carbocycles. The van der Waals surface area contributed by atoms with Gasteiger partial charge in [-0.25, -0.2) is 0 Å². The van der Waals surface area contributed by atoms with Crippen molar-refractivity contribution in [1.29, 1.82) is 0 Å². The van der Waals surface area contributed by atoms with E-state index in [9.17, 15) is 14.4 Å².